The number of rotatable bonds is 5. The topological polar surface area (TPSA) is 12.0 Å². The van der Waals surface area contributed by atoms with Crippen molar-refractivity contribution in [3.63, 3.8) is 0 Å². The van der Waals surface area contributed by atoms with Gasteiger partial charge in [-0.2, -0.15) is 11.3 Å². The van der Waals surface area contributed by atoms with E-state index in [9.17, 15) is 0 Å². The largest absolute Gasteiger partial charge is 0.306 e. The monoisotopic (exact) mass is 289 g/mol. The van der Waals surface area contributed by atoms with Crippen LogP contribution in [0.3, 0.4) is 0 Å². The predicted octanol–water partition coefficient (Wildman–Crippen LogP) is 4.14. The lowest BCUT2D eigenvalue weighted by atomic mass is 10.1. The van der Waals surface area contributed by atoms with Crippen LogP contribution in [0.1, 0.15) is 24.1 Å². The van der Waals surface area contributed by atoms with Crippen molar-refractivity contribution in [2.24, 2.45) is 0 Å². The van der Waals surface area contributed by atoms with Crippen LogP contribution in [0.4, 0.5) is 0 Å². The van der Waals surface area contributed by atoms with Gasteiger partial charge < -0.3 is 5.32 Å². The van der Waals surface area contributed by atoms with Crippen molar-refractivity contribution < 1.29 is 0 Å². The highest BCUT2D eigenvalue weighted by Crippen LogP contribution is 2.16. The molecule has 0 amide bonds. The molecule has 0 spiro atoms. The van der Waals surface area contributed by atoms with Gasteiger partial charge in [0.1, 0.15) is 0 Å². The van der Waals surface area contributed by atoms with Gasteiger partial charge in [-0.25, -0.2) is 0 Å². The van der Waals surface area contributed by atoms with Crippen molar-refractivity contribution in [2.75, 3.05) is 0 Å². The summed E-state index contributed by atoms with van der Waals surface area (Å²) in [6.45, 7) is 10.3. The number of hydrogen-bond acceptors (Lipinski definition) is 2. The van der Waals surface area contributed by atoms with Crippen LogP contribution in [0.15, 0.2) is 41.1 Å². The molecule has 1 aromatic carbocycles. The highest BCUT2D eigenvalue weighted by atomic mass is 32.1. The fourth-order valence-electron chi connectivity index (χ4n) is 2.03. The Morgan fingerprint density at radius 2 is 1.79 bits per heavy atom. The fourth-order valence-corrected chi connectivity index (χ4v) is 3.95. The molecule has 1 nitrogen and oxygen atoms in total. The molecule has 1 atom stereocenters. The van der Waals surface area contributed by atoms with Crippen LogP contribution >= 0.6 is 11.3 Å². The highest BCUT2D eigenvalue weighted by Gasteiger charge is 2.15. The molecule has 0 saturated heterocycles. The number of thiophene rings is 1. The summed E-state index contributed by atoms with van der Waals surface area (Å²) in [5.41, 5.74) is 2.74. The third kappa shape index (κ3) is 4.03. The summed E-state index contributed by atoms with van der Waals surface area (Å²) in [4.78, 5) is 0. The van der Waals surface area contributed by atoms with Crippen molar-refractivity contribution >= 4 is 24.6 Å². The van der Waals surface area contributed by atoms with Crippen molar-refractivity contribution in [1.82, 2.24) is 5.32 Å². The van der Waals surface area contributed by atoms with E-state index in [1.165, 1.54) is 16.3 Å². The zero-order valence-corrected chi connectivity index (χ0v) is 14.1. The molecule has 0 radical (unpaired) electrons. The molecule has 19 heavy (non-hydrogen) atoms. The van der Waals surface area contributed by atoms with Gasteiger partial charge in [0.05, 0.1) is 8.07 Å². The van der Waals surface area contributed by atoms with Gasteiger partial charge >= 0.3 is 0 Å². The maximum Gasteiger partial charge on any atom is 0.0775 e. The predicted molar refractivity (Wildman–Crippen MR) is 89.0 cm³/mol. The second-order valence-corrected chi connectivity index (χ2v) is 12.0. The van der Waals surface area contributed by atoms with Crippen LogP contribution in [-0.2, 0) is 6.54 Å². The molecule has 0 aliphatic rings. The molecule has 0 aliphatic carbocycles. The highest BCUT2D eigenvalue weighted by molar-refractivity contribution is 7.08. The number of nitrogens with one attached hydrogen (secondary N) is 1. The van der Waals surface area contributed by atoms with E-state index in [1.54, 1.807) is 11.3 Å². The maximum absolute atomic E-state index is 3.58. The zero-order valence-electron chi connectivity index (χ0n) is 12.2. The van der Waals surface area contributed by atoms with E-state index in [2.05, 4.69) is 73.0 Å². The summed E-state index contributed by atoms with van der Waals surface area (Å²) >= 11 is 1.76. The minimum absolute atomic E-state index is 0.419. The number of hydrogen-bond donors (Lipinski definition) is 1. The molecule has 2 aromatic rings. The van der Waals surface area contributed by atoms with Crippen LogP contribution in [0, 0.1) is 0 Å². The summed E-state index contributed by atoms with van der Waals surface area (Å²) < 4.78 is 0. The minimum Gasteiger partial charge on any atom is -0.306 e. The lowest BCUT2D eigenvalue weighted by Gasteiger charge is -2.17. The van der Waals surface area contributed by atoms with Crippen LogP contribution in [0.25, 0.3) is 0 Å². The molecular weight excluding hydrogens is 266 g/mol. The molecule has 1 heterocycles. The fraction of sp³-hybridized carbons (Fsp3) is 0.375. The first kappa shape index (κ1) is 14.5. The van der Waals surface area contributed by atoms with Crippen LogP contribution in [0.5, 0.6) is 0 Å². The Morgan fingerprint density at radius 3 is 2.32 bits per heavy atom. The van der Waals surface area contributed by atoms with Gasteiger partial charge in [-0.1, -0.05) is 49.1 Å². The normalized spacial score (nSPS) is 13.5. The molecule has 0 bridgehead atoms. The first-order chi connectivity index (χ1) is 8.97. The molecule has 1 N–H and O–H groups in total. The Bertz CT molecular complexity index is 497. The van der Waals surface area contributed by atoms with E-state index >= 15 is 0 Å². The Kier molecular flexibility index (Phi) is 4.61. The third-order valence-corrected chi connectivity index (χ3v) is 6.24. The maximum atomic E-state index is 3.58. The van der Waals surface area contributed by atoms with Gasteiger partial charge in [0.25, 0.3) is 0 Å². The average Bonchev–Trinajstić information content (AvgIpc) is 2.89. The minimum atomic E-state index is -1.16. The van der Waals surface area contributed by atoms with Gasteiger partial charge in [0.2, 0.25) is 0 Å². The first-order valence-electron chi connectivity index (χ1n) is 6.82. The smallest absolute Gasteiger partial charge is 0.0775 e. The average molecular weight is 290 g/mol. The van der Waals surface area contributed by atoms with E-state index in [0.29, 0.717) is 6.04 Å². The second-order valence-electron chi connectivity index (χ2n) is 6.11. The molecule has 1 unspecified atom stereocenters. The Balaban J connectivity index is 1.93. The van der Waals surface area contributed by atoms with Gasteiger partial charge in [-0.05, 0) is 34.9 Å². The first-order valence-corrected chi connectivity index (χ1v) is 11.3. The number of benzene rings is 1. The van der Waals surface area contributed by atoms with E-state index in [4.69, 9.17) is 0 Å². The molecule has 0 aliphatic heterocycles. The third-order valence-electron chi connectivity index (χ3n) is 3.48. The van der Waals surface area contributed by atoms with E-state index in [-0.39, 0.29) is 0 Å². The van der Waals surface area contributed by atoms with Gasteiger partial charge in [0, 0.05) is 12.6 Å². The van der Waals surface area contributed by atoms with Gasteiger partial charge in [0.15, 0.2) is 0 Å². The van der Waals surface area contributed by atoms with Crippen molar-refractivity contribution in [2.45, 2.75) is 39.2 Å². The molecule has 3 heteroatoms. The van der Waals surface area contributed by atoms with Crippen LogP contribution < -0.4 is 10.5 Å². The molecule has 2 rings (SSSR count). The summed E-state index contributed by atoms with van der Waals surface area (Å²) in [5.74, 6) is 0. The quantitative estimate of drug-likeness (QED) is 0.816. The summed E-state index contributed by atoms with van der Waals surface area (Å²) in [6, 6.07) is 11.7. The Hall–Kier alpha value is -0.903. The van der Waals surface area contributed by atoms with Crippen molar-refractivity contribution in [1.29, 1.82) is 0 Å². The molecule has 102 valence electrons. The second kappa shape index (κ2) is 6.03. The zero-order chi connectivity index (χ0) is 13.9. The molecular formula is C16H23NSSi. The van der Waals surface area contributed by atoms with E-state index in [0.717, 1.165) is 6.54 Å². The Labute approximate surface area is 121 Å². The van der Waals surface area contributed by atoms with E-state index < -0.39 is 8.07 Å². The SMILES string of the molecule is CC(NCc1ccc([Si](C)(C)C)cc1)c1ccsc1. The van der Waals surface area contributed by atoms with Gasteiger partial charge in [-0.3, -0.25) is 0 Å². The van der Waals surface area contributed by atoms with Gasteiger partial charge in [-0.15, -0.1) is 0 Å². The molecule has 1 aromatic heterocycles. The summed E-state index contributed by atoms with van der Waals surface area (Å²) in [6.07, 6.45) is 0. The lowest BCUT2D eigenvalue weighted by Crippen LogP contribution is -2.37. The lowest BCUT2D eigenvalue weighted by molar-refractivity contribution is 0.576. The van der Waals surface area contributed by atoms with Crippen LogP contribution in [0.2, 0.25) is 19.6 Å². The van der Waals surface area contributed by atoms with Crippen LogP contribution in [-0.4, -0.2) is 8.07 Å². The standard InChI is InChI=1S/C16H23NSSi/c1-13(15-9-10-18-12-15)17-11-14-5-7-16(8-6-14)19(2,3)4/h5-10,12-13,17H,11H2,1-4H3. The molecule has 0 saturated carbocycles. The summed E-state index contributed by atoms with van der Waals surface area (Å²) in [7, 11) is -1.16. The van der Waals surface area contributed by atoms with E-state index in [1.807, 2.05) is 0 Å². The molecule has 0 fully saturated rings. The van der Waals surface area contributed by atoms with Crippen molar-refractivity contribution in [3.8, 4) is 0 Å². The van der Waals surface area contributed by atoms with Crippen molar-refractivity contribution in [3.05, 3.63) is 52.2 Å². The Morgan fingerprint density at radius 1 is 1.11 bits per heavy atom. The summed E-state index contributed by atoms with van der Waals surface area (Å²) in [5, 5.41) is 9.46.